The van der Waals surface area contributed by atoms with E-state index in [2.05, 4.69) is 67.7 Å². The summed E-state index contributed by atoms with van der Waals surface area (Å²) in [4.78, 5) is 15.5. The predicted octanol–water partition coefficient (Wildman–Crippen LogP) is 7.46. The van der Waals surface area contributed by atoms with E-state index in [0.717, 1.165) is 35.5 Å². The topological polar surface area (TPSA) is 41.6 Å². The fourth-order valence-electron chi connectivity index (χ4n) is 4.47. The fourth-order valence-corrected chi connectivity index (χ4v) is 4.47. The van der Waals surface area contributed by atoms with E-state index >= 15 is 0 Å². The summed E-state index contributed by atoms with van der Waals surface area (Å²) < 4.78 is 5.34. The summed E-state index contributed by atoms with van der Waals surface area (Å²) in [5.74, 6) is 0.776. The van der Waals surface area contributed by atoms with Gasteiger partial charge < -0.3 is 10.1 Å². The third kappa shape index (κ3) is 5.94. The summed E-state index contributed by atoms with van der Waals surface area (Å²) in [7, 11) is 1.66. The lowest BCUT2D eigenvalue weighted by molar-refractivity contribution is -0.114. The summed E-state index contributed by atoms with van der Waals surface area (Å²) >= 11 is 0. The van der Waals surface area contributed by atoms with Crippen LogP contribution in [0.4, 0.5) is 11.4 Å². The van der Waals surface area contributed by atoms with Gasteiger partial charge in [0.25, 0.3) is 5.91 Å². The highest BCUT2D eigenvalue weighted by atomic mass is 16.5. The molecule has 4 nitrogen and oxygen atoms in total. The Hall–Kier alpha value is -3.53. The molecule has 0 spiro atoms. The predicted molar refractivity (Wildman–Crippen MR) is 145 cm³/mol. The molecule has 0 aliphatic carbocycles. The van der Waals surface area contributed by atoms with Crippen LogP contribution in [0.25, 0.3) is 0 Å². The molecule has 0 radical (unpaired) electrons. The fraction of sp³-hybridized carbons (Fsp3) is 0.323. The van der Waals surface area contributed by atoms with Crippen LogP contribution in [0.1, 0.15) is 62.3 Å². The molecule has 35 heavy (non-hydrogen) atoms. The van der Waals surface area contributed by atoms with Gasteiger partial charge in [0.1, 0.15) is 11.4 Å². The largest absolute Gasteiger partial charge is 0.497 e. The lowest BCUT2D eigenvalue weighted by Gasteiger charge is -2.25. The number of methoxy groups -OCH3 is 1. The second kappa shape index (κ2) is 11.7. The van der Waals surface area contributed by atoms with Crippen LogP contribution < -0.4 is 15.0 Å². The average molecular weight is 469 g/mol. The van der Waals surface area contributed by atoms with Gasteiger partial charge in [-0.3, -0.25) is 9.69 Å². The molecule has 0 bridgehead atoms. The number of benzene rings is 3. The number of nitrogens with zero attached hydrogens (tertiary/aromatic N) is 1. The van der Waals surface area contributed by atoms with Gasteiger partial charge in [-0.05, 0) is 84.8 Å². The van der Waals surface area contributed by atoms with Gasteiger partial charge >= 0.3 is 0 Å². The van der Waals surface area contributed by atoms with E-state index < -0.39 is 0 Å². The van der Waals surface area contributed by atoms with Gasteiger partial charge in [-0.2, -0.15) is 0 Å². The number of unbranched alkanes of at least 4 members (excludes halogenated alkanes) is 2. The van der Waals surface area contributed by atoms with Crippen LogP contribution in [0.5, 0.6) is 5.75 Å². The molecule has 3 aromatic carbocycles. The standard InChI is InChI=1S/C31H36N2O2/c1-4-6-8-23-10-16-26(17-11-23)32-29-22-30(25-14-20-28(35-3)21-15-25)33(31(29)34)27-18-12-24(13-19-27)9-7-5-2/h10-22,30,32H,4-9H2,1-3H3/t30-/m0/s1. The van der Waals surface area contributed by atoms with Crippen molar-refractivity contribution in [3.05, 3.63) is 101 Å². The number of rotatable bonds is 11. The number of hydrogen-bond acceptors (Lipinski definition) is 3. The molecular formula is C31H36N2O2. The molecule has 1 aliphatic rings. The molecule has 0 fully saturated rings. The average Bonchev–Trinajstić information content (AvgIpc) is 3.23. The SMILES string of the molecule is CCCCc1ccc(NC2=C[C@@H](c3ccc(OC)cc3)N(c3ccc(CCCC)cc3)C2=O)cc1. The van der Waals surface area contributed by atoms with Crippen LogP contribution in [-0.4, -0.2) is 13.0 Å². The molecule has 1 amide bonds. The highest BCUT2D eigenvalue weighted by Crippen LogP contribution is 2.37. The quantitative estimate of drug-likeness (QED) is 0.317. The molecule has 0 saturated carbocycles. The molecule has 4 heteroatoms. The molecule has 0 aromatic heterocycles. The second-order valence-electron chi connectivity index (χ2n) is 9.17. The van der Waals surface area contributed by atoms with Crippen molar-refractivity contribution in [1.29, 1.82) is 0 Å². The van der Waals surface area contributed by atoms with Crippen LogP contribution in [0.2, 0.25) is 0 Å². The molecule has 4 rings (SSSR count). The lowest BCUT2D eigenvalue weighted by atomic mass is 10.0. The van der Waals surface area contributed by atoms with Gasteiger partial charge in [0.2, 0.25) is 0 Å². The molecule has 182 valence electrons. The number of amides is 1. The van der Waals surface area contributed by atoms with Crippen molar-refractivity contribution in [1.82, 2.24) is 0 Å². The van der Waals surface area contributed by atoms with E-state index in [0.29, 0.717) is 5.70 Å². The maximum absolute atomic E-state index is 13.7. The number of hydrogen-bond donors (Lipinski definition) is 1. The van der Waals surface area contributed by atoms with Crippen molar-refractivity contribution in [2.24, 2.45) is 0 Å². The van der Waals surface area contributed by atoms with Gasteiger partial charge in [-0.1, -0.05) is 63.1 Å². The van der Waals surface area contributed by atoms with Gasteiger partial charge in [0, 0.05) is 11.4 Å². The first kappa shape index (κ1) is 24.6. The Kier molecular flexibility index (Phi) is 8.25. The zero-order valence-electron chi connectivity index (χ0n) is 21.1. The molecule has 0 saturated heterocycles. The number of ether oxygens (including phenoxy) is 1. The van der Waals surface area contributed by atoms with Crippen molar-refractivity contribution in [2.75, 3.05) is 17.3 Å². The molecule has 1 heterocycles. The van der Waals surface area contributed by atoms with Crippen molar-refractivity contribution in [3.8, 4) is 5.75 Å². The van der Waals surface area contributed by atoms with E-state index in [9.17, 15) is 4.79 Å². The molecule has 1 N–H and O–H groups in total. The molecule has 1 aliphatic heterocycles. The Morgan fingerprint density at radius 1 is 0.800 bits per heavy atom. The minimum Gasteiger partial charge on any atom is -0.497 e. The van der Waals surface area contributed by atoms with Crippen LogP contribution in [0, 0.1) is 0 Å². The minimum atomic E-state index is -0.193. The maximum atomic E-state index is 13.7. The number of carbonyl (C=O) groups excluding carboxylic acids is 1. The number of nitrogens with one attached hydrogen (secondary N) is 1. The van der Waals surface area contributed by atoms with E-state index in [1.54, 1.807) is 7.11 Å². The van der Waals surface area contributed by atoms with Gasteiger partial charge in [-0.25, -0.2) is 0 Å². The second-order valence-corrected chi connectivity index (χ2v) is 9.17. The molecular weight excluding hydrogens is 432 g/mol. The van der Waals surface area contributed by atoms with Crippen molar-refractivity contribution < 1.29 is 9.53 Å². The number of aryl methyl sites for hydroxylation is 2. The van der Waals surface area contributed by atoms with Crippen molar-refractivity contribution in [2.45, 2.75) is 58.4 Å². The normalized spacial score (nSPS) is 15.3. The minimum absolute atomic E-state index is 0.0258. The van der Waals surface area contributed by atoms with E-state index in [1.807, 2.05) is 35.2 Å². The maximum Gasteiger partial charge on any atom is 0.275 e. The smallest absolute Gasteiger partial charge is 0.275 e. The van der Waals surface area contributed by atoms with Crippen LogP contribution in [-0.2, 0) is 17.6 Å². The zero-order valence-corrected chi connectivity index (χ0v) is 21.1. The first-order valence-electron chi connectivity index (χ1n) is 12.8. The first-order valence-corrected chi connectivity index (χ1v) is 12.8. The van der Waals surface area contributed by atoms with Crippen LogP contribution >= 0.6 is 0 Å². The highest BCUT2D eigenvalue weighted by molar-refractivity contribution is 6.11. The van der Waals surface area contributed by atoms with Gasteiger partial charge in [0.05, 0.1) is 13.2 Å². The van der Waals surface area contributed by atoms with Crippen LogP contribution in [0.15, 0.2) is 84.6 Å². The third-order valence-corrected chi connectivity index (χ3v) is 6.59. The molecule has 0 unspecified atom stereocenters. The van der Waals surface area contributed by atoms with Crippen LogP contribution in [0.3, 0.4) is 0 Å². The van der Waals surface area contributed by atoms with E-state index in [4.69, 9.17) is 4.74 Å². The Morgan fingerprint density at radius 2 is 1.37 bits per heavy atom. The summed E-state index contributed by atoms with van der Waals surface area (Å²) in [5.41, 5.74) is 6.10. The van der Waals surface area contributed by atoms with Crippen molar-refractivity contribution >= 4 is 17.3 Å². The Labute approximate surface area is 209 Å². The van der Waals surface area contributed by atoms with Crippen molar-refractivity contribution in [3.63, 3.8) is 0 Å². The summed E-state index contributed by atoms with van der Waals surface area (Å²) in [6, 6.07) is 24.6. The van der Waals surface area contributed by atoms with E-state index in [1.165, 1.54) is 36.8 Å². The Morgan fingerprint density at radius 3 is 1.91 bits per heavy atom. The van der Waals surface area contributed by atoms with Gasteiger partial charge in [-0.15, -0.1) is 0 Å². The molecule has 3 aromatic rings. The monoisotopic (exact) mass is 468 g/mol. The number of anilines is 2. The van der Waals surface area contributed by atoms with E-state index in [-0.39, 0.29) is 11.9 Å². The molecule has 1 atom stereocenters. The third-order valence-electron chi connectivity index (χ3n) is 6.59. The summed E-state index contributed by atoms with van der Waals surface area (Å²) in [5, 5.41) is 3.38. The lowest BCUT2D eigenvalue weighted by Crippen LogP contribution is -2.30. The summed E-state index contributed by atoms with van der Waals surface area (Å²) in [6.07, 6.45) is 8.88. The zero-order chi connectivity index (χ0) is 24.6. The Bertz CT molecular complexity index is 1130. The number of carbonyl (C=O) groups is 1. The highest BCUT2D eigenvalue weighted by Gasteiger charge is 2.34. The van der Waals surface area contributed by atoms with Gasteiger partial charge in [0.15, 0.2) is 0 Å². The summed E-state index contributed by atoms with van der Waals surface area (Å²) in [6.45, 7) is 4.41. The first-order chi connectivity index (χ1) is 17.1. The Balaban J connectivity index is 1.60.